The van der Waals surface area contributed by atoms with Gasteiger partial charge in [0.25, 0.3) is 5.91 Å². The average Bonchev–Trinajstić information content (AvgIpc) is 2.65. The van der Waals surface area contributed by atoms with Crippen LogP contribution in [0.1, 0.15) is 35.4 Å². The van der Waals surface area contributed by atoms with Gasteiger partial charge in [0.05, 0.1) is 0 Å². The number of anilines is 2. The largest absolute Gasteiger partial charge is 0.382 e. The van der Waals surface area contributed by atoms with Crippen molar-refractivity contribution in [2.75, 3.05) is 24.1 Å². The van der Waals surface area contributed by atoms with Crippen LogP contribution >= 0.6 is 11.3 Å². The minimum Gasteiger partial charge on any atom is -0.382 e. The zero-order valence-electron chi connectivity index (χ0n) is 10.2. The molecule has 0 unspecified atom stereocenters. The first-order valence-corrected chi connectivity index (χ1v) is 7.03. The summed E-state index contributed by atoms with van der Waals surface area (Å²) < 4.78 is 0. The van der Waals surface area contributed by atoms with Crippen molar-refractivity contribution in [3.05, 3.63) is 4.88 Å². The summed E-state index contributed by atoms with van der Waals surface area (Å²) in [6, 6.07) is 0.490. The first-order chi connectivity index (χ1) is 8.70. The van der Waals surface area contributed by atoms with Gasteiger partial charge in [0.1, 0.15) is 10.7 Å². The van der Waals surface area contributed by atoms with Gasteiger partial charge in [0.15, 0.2) is 5.13 Å². The second-order valence-corrected chi connectivity index (χ2v) is 5.40. The monoisotopic (exact) mass is 269 g/mol. The molecule has 1 fully saturated rings. The third-order valence-electron chi connectivity index (χ3n) is 2.96. The van der Waals surface area contributed by atoms with E-state index in [1.165, 1.54) is 17.8 Å². The van der Waals surface area contributed by atoms with Gasteiger partial charge in [-0.3, -0.25) is 4.79 Å². The number of hydrogen-bond donors (Lipinski definition) is 4. The Kier molecular flexibility index (Phi) is 4.38. The number of carbonyl (C=O) groups excluding carboxylic acids is 1. The molecule has 1 saturated carbocycles. The van der Waals surface area contributed by atoms with Crippen molar-refractivity contribution < 1.29 is 4.79 Å². The zero-order chi connectivity index (χ0) is 13.0. The Morgan fingerprint density at radius 1 is 1.50 bits per heavy atom. The van der Waals surface area contributed by atoms with Gasteiger partial charge in [-0.25, -0.2) is 4.98 Å². The Morgan fingerprint density at radius 2 is 2.28 bits per heavy atom. The highest BCUT2D eigenvalue weighted by molar-refractivity contribution is 7.18. The summed E-state index contributed by atoms with van der Waals surface area (Å²) in [5, 5.41) is 6.81. The maximum Gasteiger partial charge on any atom is 0.265 e. The Morgan fingerprint density at radius 3 is 2.89 bits per heavy atom. The number of amides is 1. The number of nitrogens with zero attached hydrogens (tertiary/aromatic N) is 1. The highest BCUT2D eigenvalue weighted by Gasteiger charge is 2.21. The molecular weight excluding hydrogens is 250 g/mol. The molecule has 6 nitrogen and oxygen atoms in total. The molecule has 2 rings (SSSR count). The molecule has 0 bridgehead atoms. The number of carbonyl (C=O) groups is 1. The molecule has 0 aliphatic heterocycles. The van der Waals surface area contributed by atoms with Gasteiger partial charge >= 0.3 is 0 Å². The normalized spacial score (nSPS) is 15.2. The maximum atomic E-state index is 11.8. The molecule has 1 amide bonds. The molecule has 1 aromatic rings. The molecule has 1 heterocycles. The minimum atomic E-state index is -0.167. The Bertz CT molecular complexity index is 416. The number of nitrogens with two attached hydrogens (primary N) is 2. The molecular formula is C11H19N5OS. The van der Waals surface area contributed by atoms with Crippen LogP contribution in [0.25, 0.3) is 0 Å². The summed E-state index contributed by atoms with van der Waals surface area (Å²) in [5.74, 6) is 0.132. The van der Waals surface area contributed by atoms with Crippen LogP contribution < -0.4 is 22.1 Å². The standard InChI is InChI=1S/C11H19N5OS/c12-5-2-6-14-10(17)8-9(13)16-11(18-8)15-7-3-1-4-7/h7H,1-6,12-13H2,(H,14,17)(H,15,16). The van der Waals surface area contributed by atoms with Gasteiger partial charge in [-0.05, 0) is 32.2 Å². The highest BCUT2D eigenvalue weighted by atomic mass is 32.1. The lowest BCUT2D eigenvalue weighted by Gasteiger charge is -2.25. The number of nitrogens with one attached hydrogen (secondary N) is 2. The van der Waals surface area contributed by atoms with Crippen molar-refractivity contribution in [1.29, 1.82) is 0 Å². The van der Waals surface area contributed by atoms with Crippen LogP contribution in [0.2, 0.25) is 0 Å². The molecule has 100 valence electrons. The van der Waals surface area contributed by atoms with Crippen LogP contribution in [-0.4, -0.2) is 30.0 Å². The summed E-state index contributed by atoms with van der Waals surface area (Å²) in [7, 11) is 0. The lowest BCUT2D eigenvalue weighted by Crippen LogP contribution is -2.26. The molecule has 0 atom stereocenters. The Balaban J connectivity index is 1.92. The zero-order valence-corrected chi connectivity index (χ0v) is 11.1. The predicted molar refractivity (Wildman–Crippen MR) is 73.8 cm³/mol. The van der Waals surface area contributed by atoms with Crippen LogP contribution in [-0.2, 0) is 0 Å². The molecule has 1 aliphatic carbocycles. The third-order valence-corrected chi connectivity index (χ3v) is 3.96. The van der Waals surface area contributed by atoms with Crippen LogP contribution in [0, 0.1) is 0 Å². The van der Waals surface area contributed by atoms with Crippen LogP contribution in [0.4, 0.5) is 10.9 Å². The summed E-state index contributed by atoms with van der Waals surface area (Å²) in [5.41, 5.74) is 11.1. The van der Waals surface area contributed by atoms with Crippen molar-refractivity contribution in [3.63, 3.8) is 0 Å². The van der Waals surface area contributed by atoms with E-state index >= 15 is 0 Å². The first kappa shape index (κ1) is 13.1. The Hall–Kier alpha value is -1.34. The van der Waals surface area contributed by atoms with E-state index in [4.69, 9.17) is 11.5 Å². The van der Waals surface area contributed by atoms with Crippen molar-refractivity contribution in [1.82, 2.24) is 10.3 Å². The summed E-state index contributed by atoms with van der Waals surface area (Å²) in [6.45, 7) is 1.13. The molecule has 1 aliphatic rings. The van der Waals surface area contributed by atoms with E-state index in [2.05, 4.69) is 15.6 Å². The fourth-order valence-electron chi connectivity index (χ4n) is 1.67. The first-order valence-electron chi connectivity index (χ1n) is 6.22. The van der Waals surface area contributed by atoms with E-state index in [0.717, 1.165) is 24.4 Å². The third kappa shape index (κ3) is 3.11. The van der Waals surface area contributed by atoms with Crippen molar-refractivity contribution in [3.8, 4) is 0 Å². The van der Waals surface area contributed by atoms with Crippen molar-refractivity contribution in [2.45, 2.75) is 31.7 Å². The minimum absolute atomic E-state index is 0.167. The lowest BCUT2D eigenvalue weighted by atomic mass is 9.93. The number of nitrogen functional groups attached to an aromatic ring is 1. The van der Waals surface area contributed by atoms with Crippen molar-refractivity contribution in [2.24, 2.45) is 5.73 Å². The van der Waals surface area contributed by atoms with Crippen LogP contribution in [0.5, 0.6) is 0 Å². The average molecular weight is 269 g/mol. The number of aromatic nitrogens is 1. The smallest absolute Gasteiger partial charge is 0.265 e. The second-order valence-electron chi connectivity index (χ2n) is 4.40. The molecule has 18 heavy (non-hydrogen) atoms. The highest BCUT2D eigenvalue weighted by Crippen LogP contribution is 2.29. The number of thiazole rings is 1. The maximum absolute atomic E-state index is 11.8. The van der Waals surface area contributed by atoms with Crippen LogP contribution in [0.3, 0.4) is 0 Å². The fraction of sp³-hybridized carbons (Fsp3) is 0.636. The topological polar surface area (TPSA) is 106 Å². The molecule has 1 aromatic heterocycles. The molecule has 0 saturated heterocycles. The van der Waals surface area contributed by atoms with Gasteiger partial charge in [-0.1, -0.05) is 11.3 Å². The number of rotatable bonds is 6. The van der Waals surface area contributed by atoms with Gasteiger partial charge < -0.3 is 22.1 Å². The van der Waals surface area contributed by atoms with Gasteiger partial charge in [-0.15, -0.1) is 0 Å². The number of hydrogen-bond acceptors (Lipinski definition) is 6. The molecule has 0 spiro atoms. The summed E-state index contributed by atoms with van der Waals surface area (Å²) in [6.07, 6.45) is 4.34. The van der Waals surface area contributed by atoms with E-state index in [1.807, 2.05) is 0 Å². The fourth-order valence-corrected chi connectivity index (χ4v) is 2.55. The molecule has 7 heteroatoms. The van der Waals surface area contributed by atoms with Gasteiger partial charge in [0.2, 0.25) is 0 Å². The second kappa shape index (κ2) is 6.01. The van der Waals surface area contributed by atoms with E-state index < -0.39 is 0 Å². The summed E-state index contributed by atoms with van der Waals surface area (Å²) >= 11 is 1.31. The molecule has 0 aromatic carbocycles. The van der Waals surface area contributed by atoms with E-state index in [-0.39, 0.29) is 5.91 Å². The summed E-state index contributed by atoms with van der Waals surface area (Å²) in [4.78, 5) is 16.5. The van der Waals surface area contributed by atoms with E-state index in [9.17, 15) is 4.79 Å². The van der Waals surface area contributed by atoms with Gasteiger partial charge in [0, 0.05) is 12.6 Å². The quantitative estimate of drug-likeness (QED) is 0.571. The SMILES string of the molecule is NCCCNC(=O)c1sc(NC2CCC2)nc1N. The Labute approximate surface area is 110 Å². The molecule has 0 radical (unpaired) electrons. The van der Waals surface area contributed by atoms with Gasteiger partial charge in [-0.2, -0.15) is 0 Å². The molecule has 6 N–H and O–H groups in total. The van der Waals surface area contributed by atoms with Crippen molar-refractivity contribution >= 4 is 28.2 Å². The van der Waals surface area contributed by atoms with Crippen LogP contribution in [0.15, 0.2) is 0 Å². The van der Waals surface area contributed by atoms with E-state index in [1.54, 1.807) is 0 Å². The lowest BCUT2D eigenvalue weighted by molar-refractivity contribution is 0.0958. The van der Waals surface area contributed by atoms with E-state index in [0.29, 0.717) is 29.8 Å². The predicted octanol–water partition coefficient (Wildman–Crippen LogP) is 0.768.